The molecule has 0 unspecified atom stereocenters. The Labute approximate surface area is 99.0 Å². The highest BCUT2D eigenvalue weighted by Crippen LogP contribution is 2.36. The molecule has 0 amide bonds. The summed E-state index contributed by atoms with van der Waals surface area (Å²) in [4.78, 5) is 0. The fourth-order valence-electron chi connectivity index (χ4n) is 1.32. The Hall–Kier alpha value is -0.560. The summed E-state index contributed by atoms with van der Waals surface area (Å²) in [6, 6.07) is 5.97. The maximum absolute atomic E-state index is 8.65. The molecule has 0 saturated carbocycles. The molecule has 0 N–H and O–H groups in total. The molecule has 0 bridgehead atoms. The van der Waals surface area contributed by atoms with Gasteiger partial charge in [0.15, 0.2) is 0 Å². The van der Waals surface area contributed by atoms with Crippen molar-refractivity contribution in [3.63, 3.8) is 0 Å². The summed E-state index contributed by atoms with van der Waals surface area (Å²) in [5.74, 6) is 0. The van der Waals surface area contributed by atoms with E-state index in [9.17, 15) is 0 Å². The normalized spacial score (nSPS) is 10.4. The van der Waals surface area contributed by atoms with Crippen molar-refractivity contribution in [1.82, 2.24) is 0 Å². The molecule has 1 nitrogen and oxygen atoms in total. The third kappa shape index (κ3) is 1.54. The lowest BCUT2D eigenvalue weighted by Crippen LogP contribution is -1.84. The van der Waals surface area contributed by atoms with E-state index in [1.54, 1.807) is 11.3 Å². The zero-order valence-electron chi connectivity index (χ0n) is 7.05. The van der Waals surface area contributed by atoms with Gasteiger partial charge in [0.05, 0.1) is 17.2 Å². The predicted molar refractivity (Wildman–Crippen MR) is 63.9 cm³/mol. The first-order valence-electron chi connectivity index (χ1n) is 3.95. The van der Waals surface area contributed by atoms with Crippen LogP contribution in [0.2, 0.25) is 5.02 Å². The van der Waals surface area contributed by atoms with Crippen molar-refractivity contribution >= 4 is 49.0 Å². The zero-order valence-corrected chi connectivity index (χ0v) is 10.2. The van der Waals surface area contributed by atoms with E-state index in [2.05, 4.69) is 22.0 Å². The van der Waals surface area contributed by atoms with Crippen molar-refractivity contribution in [2.75, 3.05) is 0 Å². The molecule has 0 fully saturated rings. The van der Waals surface area contributed by atoms with Gasteiger partial charge in [-0.2, -0.15) is 5.26 Å². The number of hydrogen-bond donors (Lipinski definition) is 0. The fourth-order valence-corrected chi connectivity index (χ4v) is 3.29. The molecule has 70 valence electrons. The Morgan fingerprint density at radius 1 is 1.57 bits per heavy atom. The summed E-state index contributed by atoms with van der Waals surface area (Å²) in [7, 11) is 0. The Kier molecular flexibility index (Phi) is 2.78. The van der Waals surface area contributed by atoms with Crippen LogP contribution >= 0.6 is 38.9 Å². The second-order valence-electron chi connectivity index (χ2n) is 2.83. The number of nitriles is 1. The molecular formula is C10H5BrClNS. The summed E-state index contributed by atoms with van der Waals surface area (Å²) < 4.78 is 2.11. The summed E-state index contributed by atoms with van der Waals surface area (Å²) >= 11 is 11.2. The monoisotopic (exact) mass is 285 g/mol. The van der Waals surface area contributed by atoms with Crippen LogP contribution in [-0.2, 0) is 6.42 Å². The minimum atomic E-state index is 0.383. The van der Waals surface area contributed by atoms with Gasteiger partial charge in [-0.15, -0.1) is 11.3 Å². The molecule has 1 aromatic carbocycles. The third-order valence-corrected chi connectivity index (χ3v) is 4.39. The second kappa shape index (κ2) is 3.90. The number of benzene rings is 1. The van der Waals surface area contributed by atoms with E-state index in [-0.39, 0.29) is 0 Å². The van der Waals surface area contributed by atoms with E-state index in [1.165, 1.54) is 0 Å². The Bertz CT molecular complexity index is 527. The molecule has 0 aliphatic carbocycles. The van der Waals surface area contributed by atoms with Gasteiger partial charge >= 0.3 is 0 Å². The van der Waals surface area contributed by atoms with Gasteiger partial charge in [-0.1, -0.05) is 11.6 Å². The van der Waals surface area contributed by atoms with Gasteiger partial charge in [0, 0.05) is 14.9 Å². The van der Waals surface area contributed by atoms with E-state index in [0.717, 1.165) is 25.1 Å². The van der Waals surface area contributed by atoms with Crippen LogP contribution in [-0.4, -0.2) is 0 Å². The second-order valence-corrected chi connectivity index (χ2v) is 4.95. The van der Waals surface area contributed by atoms with Crippen LogP contribution in [0.3, 0.4) is 0 Å². The smallest absolute Gasteiger partial charge is 0.0670 e. The largest absolute Gasteiger partial charge is 0.198 e. The predicted octanol–water partition coefficient (Wildman–Crippen LogP) is 4.38. The quantitative estimate of drug-likeness (QED) is 0.763. The average molecular weight is 287 g/mol. The average Bonchev–Trinajstić information content (AvgIpc) is 2.63. The van der Waals surface area contributed by atoms with Crippen LogP contribution in [0, 0.1) is 11.3 Å². The fraction of sp³-hybridized carbons (Fsp3) is 0.100. The molecule has 14 heavy (non-hydrogen) atoms. The van der Waals surface area contributed by atoms with Crippen LogP contribution in [0.25, 0.3) is 10.1 Å². The highest BCUT2D eigenvalue weighted by Gasteiger charge is 2.09. The first kappa shape index (κ1) is 9.97. The van der Waals surface area contributed by atoms with Crippen molar-refractivity contribution in [3.05, 3.63) is 32.6 Å². The Morgan fingerprint density at radius 2 is 2.36 bits per heavy atom. The highest BCUT2D eigenvalue weighted by molar-refractivity contribution is 9.10. The first-order valence-corrected chi connectivity index (χ1v) is 6.00. The van der Waals surface area contributed by atoms with Crippen LogP contribution in [0.1, 0.15) is 5.56 Å². The highest BCUT2D eigenvalue weighted by atomic mass is 79.9. The van der Waals surface area contributed by atoms with E-state index >= 15 is 0 Å². The Balaban J connectivity index is 2.76. The molecule has 2 rings (SSSR count). The van der Waals surface area contributed by atoms with Gasteiger partial charge in [0.25, 0.3) is 0 Å². The SMILES string of the molecule is N#CCc1cc(Cl)c2ccsc2c1Br. The third-order valence-electron chi connectivity index (χ3n) is 1.97. The van der Waals surface area contributed by atoms with Crippen LogP contribution < -0.4 is 0 Å². The summed E-state index contributed by atoms with van der Waals surface area (Å²) in [6.45, 7) is 0. The molecule has 1 heterocycles. The van der Waals surface area contributed by atoms with Gasteiger partial charge in [0.2, 0.25) is 0 Å². The van der Waals surface area contributed by atoms with Crippen LogP contribution in [0.15, 0.2) is 22.0 Å². The van der Waals surface area contributed by atoms with Crippen molar-refractivity contribution in [2.24, 2.45) is 0 Å². The molecular weight excluding hydrogens is 282 g/mol. The molecule has 0 radical (unpaired) electrons. The van der Waals surface area contributed by atoms with E-state index in [4.69, 9.17) is 16.9 Å². The van der Waals surface area contributed by atoms with Gasteiger partial charge in [-0.05, 0) is 39.0 Å². The van der Waals surface area contributed by atoms with Crippen molar-refractivity contribution in [2.45, 2.75) is 6.42 Å². The summed E-state index contributed by atoms with van der Waals surface area (Å²) in [5.41, 5.74) is 0.951. The summed E-state index contributed by atoms with van der Waals surface area (Å²) in [6.07, 6.45) is 0.383. The van der Waals surface area contributed by atoms with Crippen LogP contribution in [0.5, 0.6) is 0 Å². The number of halogens is 2. The van der Waals surface area contributed by atoms with Gasteiger partial charge in [-0.25, -0.2) is 0 Å². The molecule has 0 spiro atoms. The van der Waals surface area contributed by atoms with Gasteiger partial charge in [-0.3, -0.25) is 0 Å². The van der Waals surface area contributed by atoms with Gasteiger partial charge in [0.1, 0.15) is 0 Å². The Morgan fingerprint density at radius 3 is 3.07 bits per heavy atom. The number of rotatable bonds is 1. The molecule has 0 aliphatic heterocycles. The minimum Gasteiger partial charge on any atom is -0.198 e. The number of fused-ring (bicyclic) bond motifs is 1. The number of hydrogen-bond acceptors (Lipinski definition) is 2. The maximum Gasteiger partial charge on any atom is 0.0670 e. The van der Waals surface area contributed by atoms with E-state index < -0.39 is 0 Å². The number of nitrogens with zero attached hydrogens (tertiary/aromatic N) is 1. The van der Waals surface area contributed by atoms with Crippen molar-refractivity contribution < 1.29 is 0 Å². The lowest BCUT2D eigenvalue weighted by molar-refractivity contribution is 1.26. The molecule has 4 heteroatoms. The lowest BCUT2D eigenvalue weighted by atomic mass is 10.1. The molecule has 2 aromatic rings. The zero-order chi connectivity index (χ0) is 10.1. The van der Waals surface area contributed by atoms with Crippen LogP contribution in [0.4, 0.5) is 0 Å². The van der Waals surface area contributed by atoms with Crippen molar-refractivity contribution in [3.8, 4) is 6.07 Å². The summed E-state index contributed by atoms with van der Waals surface area (Å²) in [5, 5.41) is 12.4. The first-order chi connectivity index (χ1) is 6.74. The molecule has 0 aliphatic rings. The van der Waals surface area contributed by atoms with E-state index in [1.807, 2.05) is 17.5 Å². The minimum absolute atomic E-state index is 0.383. The topological polar surface area (TPSA) is 23.8 Å². The lowest BCUT2D eigenvalue weighted by Gasteiger charge is -2.03. The molecule has 0 saturated heterocycles. The van der Waals surface area contributed by atoms with E-state index in [0.29, 0.717) is 6.42 Å². The maximum atomic E-state index is 8.65. The van der Waals surface area contributed by atoms with Gasteiger partial charge < -0.3 is 0 Å². The molecule has 1 aromatic heterocycles. The molecule has 0 atom stereocenters. The number of thiophene rings is 1. The van der Waals surface area contributed by atoms with Crippen molar-refractivity contribution in [1.29, 1.82) is 5.26 Å². The standard InChI is InChI=1S/C10H5BrClNS/c11-9-6(1-3-13)5-8(12)7-2-4-14-10(7)9/h2,4-5H,1H2.